The molecule has 9 heteroatoms. The SMILES string of the molecule is CC(C)(C)OC(=O)C(N)CNC(=O)[C@@H](N)CCCN=C(N)N. The number of amides is 1. The van der Waals surface area contributed by atoms with E-state index in [1.807, 2.05) is 0 Å². The number of nitrogens with two attached hydrogens (primary N) is 4. The van der Waals surface area contributed by atoms with Gasteiger partial charge in [-0.1, -0.05) is 0 Å². The summed E-state index contributed by atoms with van der Waals surface area (Å²) < 4.78 is 5.11. The van der Waals surface area contributed by atoms with Gasteiger partial charge >= 0.3 is 5.97 Å². The zero-order valence-corrected chi connectivity index (χ0v) is 13.5. The van der Waals surface area contributed by atoms with Crippen molar-refractivity contribution in [2.45, 2.75) is 51.3 Å². The van der Waals surface area contributed by atoms with E-state index in [9.17, 15) is 9.59 Å². The average Bonchev–Trinajstić information content (AvgIpc) is 2.37. The van der Waals surface area contributed by atoms with Gasteiger partial charge in [0.05, 0.1) is 6.04 Å². The maximum Gasteiger partial charge on any atom is 0.325 e. The third-order valence-corrected chi connectivity index (χ3v) is 2.51. The van der Waals surface area contributed by atoms with Crippen LogP contribution < -0.4 is 28.3 Å². The number of hydrogen-bond acceptors (Lipinski definition) is 6. The number of rotatable bonds is 8. The quantitative estimate of drug-likeness (QED) is 0.151. The molecule has 0 aromatic carbocycles. The largest absolute Gasteiger partial charge is 0.459 e. The predicted octanol–water partition coefficient (Wildman–Crippen LogP) is -1.85. The van der Waals surface area contributed by atoms with Gasteiger partial charge in [-0.25, -0.2) is 0 Å². The van der Waals surface area contributed by atoms with Crippen LogP contribution in [0.25, 0.3) is 0 Å². The van der Waals surface area contributed by atoms with Gasteiger partial charge in [0, 0.05) is 13.1 Å². The zero-order chi connectivity index (χ0) is 17.3. The fraction of sp³-hybridized carbons (Fsp3) is 0.769. The van der Waals surface area contributed by atoms with Crippen molar-refractivity contribution in [3.63, 3.8) is 0 Å². The first-order valence-electron chi connectivity index (χ1n) is 7.10. The molecule has 0 aliphatic heterocycles. The van der Waals surface area contributed by atoms with Crippen LogP contribution >= 0.6 is 0 Å². The topological polar surface area (TPSA) is 172 Å². The molecular formula is C13H28N6O3. The normalized spacial score (nSPS) is 13.9. The molecule has 0 bridgehead atoms. The molecule has 0 rings (SSSR count). The number of aliphatic imine (C=N–C) groups is 1. The van der Waals surface area contributed by atoms with Crippen LogP contribution in [0.15, 0.2) is 4.99 Å². The number of nitrogens with one attached hydrogen (secondary N) is 1. The van der Waals surface area contributed by atoms with Gasteiger partial charge in [0.25, 0.3) is 0 Å². The predicted molar refractivity (Wildman–Crippen MR) is 84.7 cm³/mol. The van der Waals surface area contributed by atoms with Crippen LogP contribution in [0, 0.1) is 0 Å². The number of nitrogens with zero attached hydrogens (tertiary/aromatic N) is 1. The molecule has 0 aromatic heterocycles. The average molecular weight is 316 g/mol. The maximum absolute atomic E-state index is 11.8. The Morgan fingerprint density at radius 1 is 1.18 bits per heavy atom. The molecule has 1 unspecified atom stereocenters. The van der Waals surface area contributed by atoms with E-state index >= 15 is 0 Å². The first-order chi connectivity index (χ1) is 10.0. The molecule has 0 saturated heterocycles. The van der Waals surface area contributed by atoms with Crippen LogP contribution in [0.5, 0.6) is 0 Å². The highest BCUT2D eigenvalue weighted by Gasteiger charge is 2.23. The molecule has 0 aliphatic rings. The smallest absolute Gasteiger partial charge is 0.325 e. The zero-order valence-electron chi connectivity index (χ0n) is 13.5. The third kappa shape index (κ3) is 9.94. The van der Waals surface area contributed by atoms with Crippen LogP contribution in [0.2, 0.25) is 0 Å². The van der Waals surface area contributed by atoms with E-state index in [-0.39, 0.29) is 18.4 Å². The first kappa shape index (κ1) is 20.1. The lowest BCUT2D eigenvalue weighted by atomic mass is 10.1. The van der Waals surface area contributed by atoms with E-state index in [0.29, 0.717) is 19.4 Å². The highest BCUT2D eigenvalue weighted by Crippen LogP contribution is 2.07. The maximum atomic E-state index is 11.8. The molecule has 9 N–H and O–H groups in total. The molecule has 0 aromatic rings. The number of ether oxygens (including phenoxy) is 1. The van der Waals surface area contributed by atoms with E-state index in [0.717, 1.165) is 0 Å². The summed E-state index contributed by atoms with van der Waals surface area (Å²) in [5, 5.41) is 2.52. The first-order valence-corrected chi connectivity index (χ1v) is 7.10. The molecule has 0 saturated carbocycles. The number of carbonyl (C=O) groups is 2. The Morgan fingerprint density at radius 2 is 1.77 bits per heavy atom. The summed E-state index contributed by atoms with van der Waals surface area (Å²) in [5.41, 5.74) is 21.1. The van der Waals surface area contributed by atoms with E-state index in [2.05, 4.69) is 10.3 Å². The van der Waals surface area contributed by atoms with E-state index in [1.54, 1.807) is 20.8 Å². The molecule has 0 aliphatic carbocycles. The van der Waals surface area contributed by atoms with Crippen molar-refractivity contribution in [1.82, 2.24) is 5.32 Å². The molecule has 1 amide bonds. The van der Waals surface area contributed by atoms with Crippen molar-refractivity contribution in [3.05, 3.63) is 0 Å². The van der Waals surface area contributed by atoms with Crippen molar-refractivity contribution < 1.29 is 14.3 Å². The van der Waals surface area contributed by atoms with Crippen LogP contribution in [0.1, 0.15) is 33.6 Å². The van der Waals surface area contributed by atoms with Gasteiger partial charge in [-0.15, -0.1) is 0 Å². The van der Waals surface area contributed by atoms with Crippen LogP contribution in [0.3, 0.4) is 0 Å². The van der Waals surface area contributed by atoms with E-state index in [1.165, 1.54) is 0 Å². The Hall–Kier alpha value is -1.87. The Morgan fingerprint density at radius 3 is 2.27 bits per heavy atom. The lowest BCUT2D eigenvalue weighted by molar-refractivity contribution is -0.156. The number of guanidine groups is 1. The summed E-state index contributed by atoms with van der Waals surface area (Å²) in [4.78, 5) is 27.2. The van der Waals surface area contributed by atoms with Crippen molar-refractivity contribution in [2.75, 3.05) is 13.1 Å². The standard InChI is InChI=1S/C13H28N6O3/c1-13(2,3)22-11(21)9(15)7-19-10(20)8(14)5-4-6-18-12(16)17/h8-9H,4-7,14-15H2,1-3H3,(H,19,20)(H4,16,17,18)/t8-,9?/m0/s1. The van der Waals surface area contributed by atoms with Crippen molar-refractivity contribution in [1.29, 1.82) is 0 Å². The van der Waals surface area contributed by atoms with Crippen molar-refractivity contribution in [3.8, 4) is 0 Å². The summed E-state index contributed by atoms with van der Waals surface area (Å²) in [6.07, 6.45) is 0.995. The lowest BCUT2D eigenvalue weighted by Crippen LogP contribution is -2.49. The minimum atomic E-state index is -0.933. The van der Waals surface area contributed by atoms with Crippen molar-refractivity contribution in [2.24, 2.45) is 27.9 Å². The summed E-state index contributed by atoms with van der Waals surface area (Å²) >= 11 is 0. The van der Waals surface area contributed by atoms with Crippen molar-refractivity contribution >= 4 is 17.8 Å². The van der Waals surface area contributed by atoms with Crippen LogP contribution in [-0.4, -0.2) is 48.6 Å². The van der Waals surface area contributed by atoms with Gasteiger partial charge in [-0.05, 0) is 33.6 Å². The summed E-state index contributed by atoms with van der Waals surface area (Å²) in [6, 6.07) is -1.64. The summed E-state index contributed by atoms with van der Waals surface area (Å²) in [6.45, 7) is 5.59. The van der Waals surface area contributed by atoms with Crippen LogP contribution in [0.4, 0.5) is 0 Å². The summed E-state index contributed by atoms with van der Waals surface area (Å²) in [5.74, 6) is -0.959. The second kappa shape index (κ2) is 9.21. The van der Waals surface area contributed by atoms with Gasteiger partial charge < -0.3 is 33.0 Å². The fourth-order valence-corrected chi connectivity index (χ4v) is 1.45. The molecule has 128 valence electrons. The lowest BCUT2D eigenvalue weighted by Gasteiger charge is -2.22. The summed E-state index contributed by atoms with van der Waals surface area (Å²) in [7, 11) is 0. The monoisotopic (exact) mass is 316 g/mol. The molecule has 0 spiro atoms. The molecule has 0 radical (unpaired) electrons. The molecule has 0 fully saturated rings. The second-order valence-corrected chi connectivity index (χ2v) is 5.94. The highest BCUT2D eigenvalue weighted by atomic mass is 16.6. The molecule has 9 nitrogen and oxygen atoms in total. The Kier molecular flexibility index (Phi) is 8.43. The van der Waals surface area contributed by atoms with Gasteiger partial charge in [0.15, 0.2) is 5.96 Å². The molecule has 0 heterocycles. The third-order valence-electron chi connectivity index (χ3n) is 2.51. The highest BCUT2D eigenvalue weighted by molar-refractivity contribution is 5.83. The Labute approximate surface area is 130 Å². The van der Waals surface area contributed by atoms with E-state index < -0.39 is 23.7 Å². The second-order valence-electron chi connectivity index (χ2n) is 5.94. The minimum Gasteiger partial charge on any atom is -0.459 e. The fourth-order valence-electron chi connectivity index (χ4n) is 1.45. The van der Waals surface area contributed by atoms with Gasteiger partial charge in [-0.3, -0.25) is 14.6 Å². The molecular weight excluding hydrogens is 288 g/mol. The number of hydrogen-bond donors (Lipinski definition) is 5. The van der Waals surface area contributed by atoms with E-state index in [4.69, 9.17) is 27.7 Å². The van der Waals surface area contributed by atoms with Crippen LogP contribution in [-0.2, 0) is 14.3 Å². The molecule has 2 atom stereocenters. The number of carbonyl (C=O) groups excluding carboxylic acids is 2. The minimum absolute atomic E-state index is 0.00126. The molecule has 22 heavy (non-hydrogen) atoms. The van der Waals surface area contributed by atoms with Gasteiger partial charge in [0.2, 0.25) is 5.91 Å². The Bertz CT molecular complexity index is 401. The van der Waals surface area contributed by atoms with Gasteiger partial charge in [0.1, 0.15) is 11.6 Å². The number of esters is 1. The van der Waals surface area contributed by atoms with Gasteiger partial charge in [-0.2, -0.15) is 0 Å². The Balaban J connectivity index is 4.05.